The highest BCUT2D eigenvalue weighted by Gasteiger charge is 2.22. The van der Waals surface area contributed by atoms with Crippen molar-refractivity contribution in [1.82, 2.24) is 0 Å². The van der Waals surface area contributed by atoms with Gasteiger partial charge in [0.15, 0.2) is 5.17 Å². The standard InChI is InChI=1S/C16H14Br2N2S/c1-10-7-12(17)15(13(18)8-10)20-16-19-9-14(21-16)11-5-3-2-4-6-11/h2-8,14H,9H2,1H3,(H,19,20). The van der Waals surface area contributed by atoms with Crippen LogP contribution in [0, 0.1) is 6.92 Å². The third-order valence-corrected chi connectivity index (χ3v) is 5.66. The number of amidine groups is 1. The highest BCUT2D eigenvalue weighted by atomic mass is 79.9. The number of hydrogen-bond acceptors (Lipinski definition) is 3. The Labute approximate surface area is 145 Å². The van der Waals surface area contributed by atoms with E-state index in [0.717, 1.165) is 26.3 Å². The highest BCUT2D eigenvalue weighted by molar-refractivity contribution is 9.11. The van der Waals surface area contributed by atoms with Crippen LogP contribution in [0.15, 0.2) is 56.4 Å². The van der Waals surface area contributed by atoms with E-state index >= 15 is 0 Å². The Bertz CT molecular complexity index is 663. The summed E-state index contributed by atoms with van der Waals surface area (Å²) in [6, 6.07) is 14.7. The number of benzene rings is 2. The van der Waals surface area contributed by atoms with E-state index in [1.165, 1.54) is 11.1 Å². The number of halogens is 2. The van der Waals surface area contributed by atoms with Gasteiger partial charge in [0.05, 0.1) is 17.5 Å². The van der Waals surface area contributed by atoms with Crippen LogP contribution in [-0.2, 0) is 0 Å². The second-order valence-electron chi connectivity index (χ2n) is 4.89. The molecule has 21 heavy (non-hydrogen) atoms. The first-order valence-electron chi connectivity index (χ1n) is 6.62. The van der Waals surface area contributed by atoms with Crippen LogP contribution in [0.5, 0.6) is 0 Å². The summed E-state index contributed by atoms with van der Waals surface area (Å²) in [5, 5.41) is 4.79. The van der Waals surface area contributed by atoms with Crippen LogP contribution in [0.3, 0.4) is 0 Å². The largest absolute Gasteiger partial charge is 0.333 e. The van der Waals surface area contributed by atoms with Crippen molar-refractivity contribution in [2.75, 3.05) is 11.9 Å². The molecule has 2 nitrogen and oxygen atoms in total. The maximum atomic E-state index is 4.62. The summed E-state index contributed by atoms with van der Waals surface area (Å²) >= 11 is 8.99. The normalized spacial score (nSPS) is 17.7. The molecule has 2 aromatic carbocycles. The number of aliphatic imine (C=N–C) groups is 1. The van der Waals surface area contributed by atoms with Gasteiger partial charge in [-0.2, -0.15) is 0 Å². The Hall–Kier alpha value is -0.780. The molecule has 0 saturated heterocycles. The molecule has 1 N–H and O–H groups in total. The minimum atomic E-state index is 0.400. The average molecular weight is 426 g/mol. The van der Waals surface area contributed by atoms with E-state index < -0.39 is 0 Å². The molecule has 2 aromatic rings. The third kappa shape index (κ3) is 3.52. The molecular formula is C16H14Br2N2S. The maximum Gasteiger partial charge on any atom is 0.161 e. The number of rotatable bonds is 2. The quantitative estimate of drug-likeness (QED) is 0.659. The summed E-state index contributed by atoms with van der Waals surface area (Å²) in [6.07, 6.45) is 0. The van der Waals surface area contributed by atoms with Crippen molar-refractivity contribution < 1.29 is 0 Å². The van der Waals surface area contributed by atoms with Crippen molar-refractivity contribution in [2.24, 2.45) is 4.99 Å². The van der Waals surface area contributed by atoms with E-state index in [1.807, 2.05) is 6.07 Å². The van der Waals surface area contributed by atoms with Crippen LogP contribution in [-0.4, -0.2) is 11.7 Å². The molecule has 0 saturated carbocycles. The van der Waals surface area contributed by atoms with Gasteiger partial charge in [0.25, 0.3) is 0 Å². The van der Waals surface area contributed by atoms with Crippen LogP contribution in [0.25, 0.3) is 0 Å². The Morgan fingerprint density at radius 3 is 2.48 bits per heavy atom. The molecule has 3 rings (SSSR count). The van der Waals surface area contributed by atoms with E-state index in [-0.39, 0.29) is 0 Å². The van der Waals surface area contributed by atoms with Crippen molar-refractivity contribution in [1.29, 1.82) is 0 Å². The fraction of sp³-hybridized carbons (Fsp3) is 0.188. The van der Waals surface area contributed by atoms with Gasteiger partial charge in [0, 0.05) is 8.95 Å². The third-order valence-electron chi connectivity index (χ3n) is 3.24. The molecule has 5 heteroatoms. The molecule has 1 aliphatic heterocycles. The van der Waals surface area contributed by atoms with Crippen molar-refractivity contribution in [3.05, 3.63) is 62.5 Å². The van der Waals surface area contributed by atoms with Crippen LogP contribution in [0.4, 0.5) is 5.69 Å². The molecule has 1 atom stereocenters. The zero-order valence-corrected chi connectivity index (χ0v) is 15.4. The van der Waals surface area contributed by atoms with E-state index in [2.05, 4.69) is 85.5 Å². The highest BCUT2D eigenvalue weighted by Crippen LogP contribution is 2.38. The molecule has 0 spiro atoms. The molecular weight excluding hydrogens is 412 g/mol. The van der Waals surface area contributed by atoms with Crippen LogP contribution >= 0.6 is 43.6 Å². The number of hydrogen-bond donors (Lipinski definition) is 1. The number of nitrogens with one attached hydrogen (secondary N) is 1. The van der Waals surface area contributed by atoms with Gasteiger partial charge in [-0.1, -0.05) is 42.1 Å². The minimum Gasteiger partial charge on any atom is -0.333 e. The van der Waals surface area contributed by atoms with E-state index in [9.17, 15) is 0 Å². The van der Waals surface area contributed by atoms with Gasteiger partial charge in [-0.15, -0.1) is 0 Å². The zero-order chi connectivity index (χ0) is 14.8. The average Bonchev–Trinajstić information content (AvgIpc) is 2.92. The predicted octanol–water partition coefficient (Wildman–Crippen LogP) is 5.78. The predicted molar refractivity (Wildman–Crippen MR) is 99.3 cm³/mol. The lowest BCUT2D eigenvalue weighted by Gasteiger charge is -2.12. The van der Waals surface area contributed by atoms with Crippen molar-refractivity contribution >= 4 is 54.5 Å². The monoisotopic (exact) mass is 424 g/mol. The van der Waals surface area contributed by atoms with Crippen LogP contribution in [0.2, 0.25) is 0 Å². The minimum absolute atomic E-state index is 0.400. The first kappa shape index (κ1) is 15.1. The Morgan fingerprint density at radius 1 is 1.14 bits per heavy atom. The SMILES string of the molecule is Cc1cc(Br)c(NC2=NCC(c3ccccc3)S2)c(Br)c1. The van der Waals surface area contributed by atoms with Crippen molar-refractivity contribution in [3.8, 4) is 0 Å². The first-order valence-corrected chi connectivity index (χ1v) is 9.09. The molecule has 0 bridgehead atoms. The first-order chi connectivity index (χ1) is 10.1. The number of nitrogens with zero attached hydrogens (tertiary/aromatic N) is 1. The fourth-order valence-corrected chi connectivity index (χ4v) is 4.85. The van der Waals surface area contributed by atoms with Gasteiger partial charge in [0.1, 0.15) is 0 Å². The lowest BCUT2D eigenvalue weighted by atomic mass is 10.1. The molecule has 1 heterocycles. The Balaban J connectivity index is 1.73. The van der Waals surface area contributed by atoms with E-state index in [0.29, 0.717) is 5.25 Å². The second kappa shape index (κ2) is 6.55. The van der Waals surface area contributed by atoms with Crippen molar-refractivity contribution in [3.63, 3.8) is 0 Å². The van der Waals surface area contributed by atoms with Gasteiger partial charge < -0.3 is 5.32 Å². The van der Waals surface area contributed by atoms with Crippen LogP contribution in [0.1, 0.15) is 16.4 Å². The maximum absolute atomic E-state index is 4.62. The van der Waals surface area contributed by atoms with Crippen LogP contribution < -0.4 is 5.32 Å². The fourth-order valence-electron chi connectivity index (χ4n) is 2.21. The number of anilines is 1. The van der Waals surface area contributed by atoms with Gasteiger partial charge >= 0.3 is 0 Å². The van der Waals surface area contributed by atoms with E-state index in [1.54, 1.807) is 11.8 Å². The molecule has 0 aliphatic carbocycles. The summed E-state index contributed by atoms with van der Waals surface area (Å²) in [5.74, 6) is 0. The van der Waals surface area contributed by atoms with Gasteiger partial charge in [0.2, 0.25) is 0 Å². The summed E-state index contributed by atoms with van der Waals surface area (Å²) in [7, 11) is 0. The zero-order valence-electron chi connectivity index (χ0n) is 11.4. The summed E-state index contributed by atoms with van der Waals surface area (Å²) in [5.41, 5.74) is 3.56. The van der Waals surface area contributed by atoms with Gasteiger partial charge in [-0.25, -0.2) is 0 Å². The smallest absolute Gasteiger partial charge is 0.161 e. The molecule has 0 amide bonds. The molecule has 0 fully saturated rings. The van der Waals surface area contributed by atoms with Gasteiger partial charge in [-0.05, 0) is 62.0 Å². The van der Waals surface area contributed by atoms with E-state index in [4.69, 9.17) is 0 Å². The summed E-state index contributed by atoms with van der Waals surface area (Å²) in [4.78, 5) is 4.62. The molecule has 1 unspecified atom stereocenters. The lowest BCUT2D eigenvalue weighted by molar-refractivity contribution is 0.966. The molecule has 0 aromatic heterocycles. The number of thioether (sulfide) groups is 1. The second-order valence-corrected chi connectivity index (χ2v) is 7.79. The number of aryl methyl sites for hydroxylation is 1. The Kier molecular flexibility index (Phi) is 4.72. The molecule has 1 aliphatic rings. The molecule has 108 valence electrons. The van der Waals surface area contributed by atoms with Gasteiger partial charge in [-0.3, -0.25) is 4.99 Å². The molecule has 0 radical (unpaired) electrons. The summed E-state index contributed by atoms with van der Waals surface area (Å²) < 4.78 is 2.08. The summed E-state index contributed by atoms with van der Waals surface area (Å²) in [6.45, 7) is 2.89. The topological polar surface area (TPSA) is 24.4 Å². The lowest BCUT2D eigenvalue weighted by Crippen LogP contribution is -2.06. The van der Waals surface area contributed by atoms with Crippen molar-refractivity contribution in [2.45, 2.75) is 12.2 Å². The Morgan fingerprint density at radius 2 is 1.81 bits per heavy atom.